The van der Waals surface area contributed by atoms with Crippen LogP contribution in [0.4, 0.5) is 5.69 Å². The molecule has 1 N–H and O–H groups in total. The van der Waals surface area contributed by atoms with E-state index in [1.54, 1.807) is 24.3 Å². The Morgan fingerprint density at radius 3 is 2.24 bits per heavy atom. The van der Waals surface area contributed by atoms with Gasteiger partial charge in [0, 0.05) is 28.6 Å². The largest absolute Gasteiger partial charge is 0.326 e. The van der Waals surface area contributed by atoms with Crippen LogP contribution in [0, 0.1) is 5.41 Å². The molecule has 29 heavy (non-hydrogen) atoms. The molecule has 1 aromatic heterocycles. The Morgan fingerprint density at radius 1 is 1.10 bits per heavy atom. The average molecular weight is 415 g/mol. The molecule has 3 rings (SSSR count). The Hall–Kier alpha value is -2.15. The van der Waals surface area contributed by atoms with Gasteiger partial charge in [-0.2, -0.15) is 0 Å². The van der Waals surface area contributed by atoms with Crippen molar-refractivity contribution in [3.05, 3.63) is 35.7 Å². The normalized spacial score (nSPS) is 15.4. The quantitative estimate of drug-likeness (QED) is 0.505. The van der Waals surface area contributed by atoms with Crippen molar-refractivity contribution in [2.24, 2.45) is 5.41 Å². The number of thioether (sulfide) groups is 1. The number of nitrogens with zero attached hydrogens (tertiary/aromatic N) is 3. The summed E-state index contributed by atoms with van der Waals surface area (Å²) in [4.78, 5) is 25.0. The van der Waals surface area contributed by atoms with Crippen LogP contribution in [0.15, 0.2) is 29.4 Å². The Balaban J connectivity index is 1.69. The molecule has 1 aliphatic rings. The first kappa shape index (κ1) is 21.6. The highest BCUT2D eigenvalue weighted by Gasteiger charge is 2.32. The van der Waals surface area contributed by atoms with Gasteiger partial charge in [0.15, 0.2) is 10.9 Å². The molecule has 0 spiro atoms. The van der Waals surface area contributed by atoms with Crippen molar-refractivity contribution in [2.75, 3.05) is 5.32 Å². The molecule has 0 bridgehead atoms. The zero-order chi connectivity index (χ0) is 21.3. The summed E-state index contributed by atoms with van der Waals surface area (Å²) in [5.74, 6) is 1.29. The number of aromatic nitrogens is 3. The summed E-state index contributed by atoms with van der Waals surface area (Å²) in [6.45, 7) is 11.7. The third kappa shape index (κ3) is 5.07. The van der Waals surface area contributed by atoms with Crippen LogP contribution in [0.5, 0.6) is 0 Å². The Labute approximate surface area is 176 Å². The molecular weight excluding hydrogens is 384 g/mol. The van der Waals surface area contributed by atoms with E-state index in [9.17, 15) is 9.59 Å². The maximum atomic E-state index is 12.9. The lowest BCUT2D eigenvalue weighted by Crippen LogP contribution is -2.27. The van der Waals surface area contributed by atoms with Crippen molar-refractivity contribution in [3.8, 4) is 0 Å². The van der Waals surface area contributed by atoms with E-state index in [0.29, 0.717) is 23.2 Å². The summed E-state index contributed by atoms with van der Waals surface area (Å²) in [7, 11) is 0. The molecule has 1 heterocycles. The maximum absolute atomic E-state index is 12.9. The average Bonchev–Trinajstić information content (AvgIpc) is 3.40. The van der Waals surface area contributed by atoms with Crippen molar-refractivity contribution in [1.82, 2.24) is 14.8 Å². The number of rotatable bonds is 7. The first-order valence-electron chi connectivity index (χ1n) is 10.1. The van der Waals surface area contributed by atoms with Gasteiger partial charge in [0.05, 0.1) is 5.25 Å². The molecule has 0 aliphatic heterocycles. The van der Waals surface area contributed by atoms with Crippen molar-refractivity contribution >= 4 is 29.1 Å². The van der Waals surface area contributed by atoms with Crippen LogP contribution in [0.25, 0.3) is 0 Å². The molecule has 1 aromatic carbocycles. The van der Waals surface area contributed by atoms with Gasteiger partial charge in [-0.3, -0.25) is 9.59 Å². The topological polar surface area (TPSA) is 76.9 Å². The van der Waals surface area contributed by atoms with Crippen LogP contribution in [-0.4, -0.2) is 31.7 Å². The second kappa shape index (κ2) is 8.30. The third-order valence-electron chi connectivity index (χ3n) is 4.88. The molecule has 1 aliphatic carbocycles. The van der Waals surface area contributed by atoms with Crippen molar-refractivity contribution < 1.29 is 9.59 Å². The van der Waals surface area contributed by atoms with E-state index in [0.717, 1.165) is 23.8 Å². The van der Waals surface area contributed by atoms with Gasteiger partial charge in [-0.05, 0) is 44.0 Å². The maximum Gasteiger partial charge on any atom is 0.229 e. The van der Waals surface area contributed by atoms with Crippen LogP contribution in [0.2, 0.25) is 0 Å². The molecule has 0 saturated heterocycles. The van der Waals surface area contributed by atoms with Crippen molar-refractivity contribution in [2.45, 2.75) is 76.8 Å². The number of carbonyl (C=O) groups excluding carboxylic acids is 2. The van der Waals surface area contributed by atoms with Gasteiger partial charge < -0.3 is 9.88 Å². The van der Waals surface area contributed by atoms with Crippen LogP contribution in [-0.2, 0) is 4.79 Å². The highest BCUT2D eigenvalue weighted by Crippen LogP contribution is 2.41. The Morgan fingerprint density at radius 2 is 1.72 bits per heavy atom. The number of amides is 1. The molecule has 0 radical (unpaired) electrons. The molecule has 1 saturated carbocycles. The monoisotopic (exact) mass is 414 g/mol. The summed E-state index contributed by atoms with van der Waals surface area (Å²) in [6, 6.07) is 7.55. The summed E-state index contributed by atoms with van der Waals surface area (Å²) in [5.41, 5.74) is 0.851. The highest BCUT2D eigenvalue weighted by atomic mass is 32.2. The minimum absolute atomic E-state index is 0.0418. The fourth-order valence-corrected chi connectivity index (χ4v) is 3.92. The minimum atomic E-state index is -0.466. The van der Waals surface area contributed by atoms with Gasteiger partial charge in [-0.25, -0.2) is 0 Å². The Kier molecular flexibility index (Phi) is 6.17. The van der Waals surface area contributed by atoms with Crippen molar-refractivity contribution in [3.63, 3.8) is 0 Å². The van der Waals surface area contributed by atoms with Crippen LogP contribution >= 0.6 is 11.8 Å². The fourth-order valence-electron chi connectivity index (χ4n) is 2.92. The number of nitrogens with one attached hydrogen (secondary N) is 1. The lowest BCUT2D eigenvalue weighted by Gasteiger charge is -2.18. The lowest BCUT2D eigenvalue weighted by molar-refractivity contribution is -0.123. The SMILES string of the molecule is CC(Sc1nnc(C(C)C)n1C1CC1)C(=O)c1ccc(NC(=O)C(C)(C)C)cc1. The van der Waals surface area contributed by atoms with E-state index in [1.165, 1.54) is 11.8 Å². The summed E-state index contributed by atoms with van der Waals surface area (Å²) >= 11 is 1.47. The standard InChI is InChI=1S/C22H30N4O2S/c1-13(2)19-24-25-21(26(19)17-11-12-17)29-14(3)18(27)15-7-9-16(10-8-15)23-20(28)22(4,5)6/h7-10,13-14,17H,11-12H2,1-6H3,(H,23,28). The van der Waals surface area contributed by atoms with Crippen LogP contribution in [0.1, 0.15) is 82.5 Å². The second-order valence-corrected chi connectivity index (χ2v) is 10.3. The van der Waals surface area contributed by atoms with Gasteiger partial charge in [-0.15, -0.1) is 10.2 Å². The first-order valence-corrected chi connectivity index (χ1v) is 11.0. The molecular formula is C22H30N4O2S. The summed E-state index contributed by atoms with van der Waals surface area (Å²) < 4.78 is 2.21. The van der Waals surface area contributed by atoms with Gasteiger partial charge in [0.25, 0.3) is 0 Å². The predicted molar refractivity (Wildman–Crippen MR) is 117 cm³/mol. The minimum Gasteiger partial charge on any atom is -0.326 e. The number of benzene rings is 1. The number of Topliss-reactive ketones (excluding diaryl/α,β-unsaturated/α-hetero) is 1. The van der Waals surface area contributed by atoms with Crippen molar-refractivity contribution in [1.29, 1.82) is 0 Å². The van der Waals surface area contributed by atoms with E-state index in [4.69, 9.17) is 0 Å². The smallest absolute Gasteiger partial charge is 0.229 e. The molecule has 1 fully saturated rings. The number of ketones is 1. The van der Waals surface area contributed by atoms with E-state index >= 15 is 0 Å². The van der Waals surface area contributed by atoms with Gasteiger partial charge in [-0.1, -0.05) is 46.4 Å². The molecule has 1 atom stereocenters. The summed E-state index contributed by atoms with van der Waals surface area (Å²) in [6.07, 6.45) is 2.30. The molecule has 156 valence electrons. The first-order chi connectivity index (χ1) is 13.6. The van der Waals surface area contributed by atoms with Crippen LogP contribution in [0.3, 0.4) is 0 Å². The lowest BCUT2D eigenvalue weighted by atomic mass is 9.95. The van der Waals surface area contributed by atoms with Gasteiger partial charge in [0.2, 0.25) is 5.91 Å². The molecule has 1 amide bonds. The number of hydrogen-bond acceptors (Lipinski definition) is 5. The molecule has 2 aromatic rings. The zero-order valence-electron chi connectivity index (χ0n) is 18.0. The van der Waals surface area contributed by atoms with E-state index in [2.05, 4.69) is 33.9 Å². The number of carbonyl (C=O) groups is 2. The van der Waals surface area contributed by atoms with Gasteiger partial charge in [0.1, 0.15) is 5.82 Å². The molecule has 6 nitrogen and oxygen atoms in total. The van der Waals surface area contributed by atoms with Gasteiger partial charge >= 0.3 is 0 Å². The number of anilines is 1. The Bertz CT molecular complexity index is 893. The predicted octanol–water partition coefficient (Wildman–Crippen LogP) is 5.08. The molecule has 7 heteroatoms. The highest BCUT2D eigenvalue weighted by molar-refractivity contribution is 8.00. The van der Waals surface area contributed by atoms with E-state index in [1.807, 2.05) is 27.7 Å². The fraction of sp³-hybridized carbons (Fsp3) is 0.545. The zero-order valence-corrected chi connectivity index (χ0v) is 18.8. The number of hydrogen-bond donors (Lipinski definition) is 1. The van der Waals surface area contributed by atoms with E-state index in [-0.39, 0.29) is 16.9 Å². The second-order valence-electron chi connectivity index (χ2n) is 9.00. The van der Waals surface area contributed by atoms with E-state index < -0.39 is 5.41 Å². The van der Waals surface area contributed by atoms with Crippen LogP contribution < -0.4 is 5.32 Å². The molecule has 1 unspecified atom stereocenters. The third-order valence-corrected chi connectivity index (χ3v) is 5.94. The summed E-state index contributed by atoms with van der Waals surface area (Å²) in [5, 5.41) is 12.2.